The molecule has 25 heavy (non-hydrogen) atoms. The van der Waals surface area contributed by atoms with Crippen LogP contribution in [0.2, 0.25) is 0 Å². The third-order valence-corrected chi connectivity index (χ3v) is 3.67. The fraction of sp³-hybridized carbons (Fsp3) is 0.278. The molecular formula is C18H18N2O5. The van der Waals surface area contributed by atoms with Gasteiger partial charge in [-0.05, 0) is 24.3 Å². The highest BCUT2D eigenvalue weighted by Gasteiger charge is 2.16. The van der Waals surface area contributed by atoms with Gasteiger partial charge in [-0.25, -0.2) is 4.98 Å². The van der Waals surface area contributed by atoms with E-state index in [0.29, 0.717) is 41.8 Å². The van der Waals surface area contributed by atoms with E-state index in [0.717, 1.165) is 0 Å². The number of hydrogen-bond acceptors (Lipinski definition) is 6. The number of carbonyl (C=O) groups is 2. The van der Waals surface area contributed by atoms with Crippen LogP contribution in [0.5, 0.6) is 17.4 Å². The zero-order valence-electron chi connectivity index (χ0n) is 13.8. The highest BCUT2D eigenvalue weighted by Crippen LogP contribution is 2.31. The molecule has 2 aromatic rings. The van der Waals surface area contributed by atoms with Gasteiger partial charge in [0.15, 0.2) is 17.3 Å². The molecule has 1 aromatic heterocycles. The molecule has 3 rings (SSSR count). The lowest BCUT2D eigenvalue weighted by Gasteiger charge is -2.18. The van der Waals surface area contributed by atoms with Crippen LogP contribution in [0.3, 0.4) is 0 Å². The van der Waals surface area contributed by atoms with Crippen LogP contribution < -0.4 is 19.5 Å². The van der Waals surface area contributed by atoms with E-state index in [4.69, 9.17) is 14.2 Å². The maximum absolute atomic E-state index is 12.3. The first-order chi connectivity index (χ1) is 12.2. The molecule has 0 atom stereocenters. The summed E-state index contributed by atoms with van der Waals surface area (Å²) in [4.78, 5) is 28.2. The van der Waals surface area contributed by atoms with Crippen molar-refractivity contribution < 1.29 is 23.8 Å². The van der Waals surface area contributed by atoms with Gasteiger partial charge in [-0.3, -0.25) is 9.59 Å². The molecular weight excluding hydrogens is 324 g/mol. The molecule has 0 spiro atoms. The fourth-order valence-electron chi connectivity index (χ4n) is 2.39. The van der Waals surface area contributed by atoms with Crippen LogP contribution >= 0.6 is 0 Å². The van der Waals surface area contributed by atoms with Crippen LogP contribution in [0.15, 0.2) is 36.5 Å². The maximum atomic E-state index is 12.3. The van der Waals surface area contributed by atoms with Gasteiger partial charge in [-0.2, -0.15) is 0 Å². The molecule has 1 aliphatic rings. The average Bonchev–Trinajstić information content (AvgIpc) is 2.66. The minimum absolute atomic E-state index is 0.0826. The van der Waals surface area contributed by atoms with Crippen molar-refractivity contribution in [1.29, 1.82) is 0 Å². The molecule has 0 aliphatic carbocycles. The molecule has 0 unspecified atom stereocenters. The van der Waals surface area contributed by atoms with Gasteiger partial charge in [0, 0.05) is 24.5 Å². The lowest BCUT2D eigenvalue weighted by atomic mass is 10.1. The van der Waals surface area contributed by atoms with Crippen LogP contribution in [0.1, 0.15) is 23.2 Å². The van der Waals surface area contributed by atoms with Crippen molar-refractivity contribution in [3.05, 3.63) is 42.1 Å². The molecule has 0 bridgehead atoms. The summed E-state index contributed by atoms with van der Waals surface area (Å²) in [6.45, 7) is 0.962. The van der Waals surface area contributed by atoms with Crippen molar-refractivity contribution in [2.45, 2.75) is 12.8 Å². The Morgan fingerprint density at radius 2 is 1.92 bits per heavy atom. The Kier molecular flexibility index (Phi) is 5.13. The molecule has 130 valence electrons. The van der Waals surface area contributed by atoms with Crippen LogP contribution in [0.25, 0.3) is 0 Å². The van der Waals surface area contributed by atoms with Gasteiger partial charge in [-0.15, -0.1) is 0 Å². The largest absolute Gasteiger partial charge is 0.486 e. The Bertz CT molecular complexity index is 774. The van der Waals surface area contributed by atoms with E-state index in [1.54, 1.807) is 30.3 Å². The molecule has 0 radical (unpaired) electrons. The minimum atomic E-state index is -0.252. The van der Waals surface area contributed by atoms with Gasteiger partial charge in [-0.1, -0.05) is 0 Å². The number of rotatable bonds is 6. The monoisotopic (exact) mass is 342 g/mol. The number of aromatic nitrogens is 1. The number of carbonyl (C=O) groups excluding carboxylic acids is 2. The minimum Gasteiger partial charge on any atom is -0.486 e. The van der Waals surface area contributed by atoms with E-state index in [1.165, 1.54) is 13.3 Å². The number of hydrogen-bond donors (Lipinski definition) is 1. The van der Waals surface area contributed by atoms with Crippen molar-refractivity contribution in [3.8, 4) is 17.4 Å². The highest BCUT2D eigenvalue weighted by atomic mass is 16.6. The zero-order chi connectivity index (χ0) is 17.6. The highest BCUT2D eigenvalue weighted by molar-refractivity contribution is 6.00. The summed E-state index contributed by atoms with van der Waals surface area (Å²) < 4.78 is 15.8. The maximum Gasteiger partial charge on any atom is 0.224 e. The first kappa shape index (κ1) is 16.8. The van der Waals surface area contributed by atoms with E-state index < -0.39 is 0 Å². The zero-order valence-corrected chi connectivity index (χ0v) is 13.8. The van der Waals surface area contributed by atoms with Gasteiger partial charge in [0.05, 0.1) is 19.0 Å². The predicted molar refractivity (Wildman–Crippen MR) is 90.4 cm³/mol. The first-order valence-electron chi connectivity index (χ1n) is 7.88. The van der Waals surface area contributed by atoms with Gasteiger partial charge in [0.2, 0.25) is 11.8 Å². The standard InChI is InChI=1S/C18H18N2O5/c1-23-18-7-3-13(11-19-18)20-17(22)6-4-14(21)12-2-5-15-16(10-12)25-9-8-24-15/h2-3,5,7,10-11H,4,6,8-9H2,1H3,(H,20,22). The summed E-state index contributed by atoms with van der Waals surface area (Å²) in [6, 6.07) is 8.39. The number of pyridine rings is 1. The van der Waals surface area contributed by atoms with E-state index in [1.807, 2.05) is 0 Å². The lowest BCUT2D eigenvalue weighted by Crippen LogP contribution is -2.16. The molecule has 7 heteroatoms. The van der Waals surface area contributed by atoms with Gasteiger partial charge >= 0.3 is 0 Å². The van der Waals surface area contributed by atoms with Crippen LogP contribution in [-0.4, -0.2) is 37.0 Å². The van der Waals surface area contributed by atoms with Crippen molar-refractivity contribution in [1.82, 2.24) is 4.98 Å². The Balaban J connectivity index is 1.53. The Morgan fingerprint density at radius 3 is 2.64 bits per heavy atom. The van der Waals surface area contributed by atoms with Crippen LogP contribution in [0, 0.1) is 0 Å². The number of nitrogens with zero attached hydrogens (tertiary/aromatic N) is 1. The van der Waals surface area contributed by atoms with Crippen molar-refractivity contribution in [3.63, 3.8) is 0 Å². The molecule has 0 fully saturated rings. The second-order valence-electron chi connectivity index (χ2n) is 5.42. The number of amides is 1. The molecule has 1 aromatic carbocycles. The SMILES string of the molecule is COc1ccc(NC(=O)CCC(=O)c2ccc3c(c2)OCCO3)cn1. The molecule has 1 aliphatic heterocycles. The number of ketones is 1. The third-order valence-electron chi connectivity index (χ3n) is 3.67. The normalized spacial score (nSPS) is 12.4. The second kappa shape index (κ2) is 7.65. The summed E-state index contributed by atoms with van der Waals surface area (Å²) in [5.41, 5.74) is 1.06. The molecule has 0 saturated heterocycles. The number of methoxy groups -OCH3 is 1. The lowest BCUT2D eigenvalue weighted by molar-refractivity contribution is -0.116. The number of nitrogens with one attached hydrogen (secondary N) is 1. The quantitative estimate of drug-likeness (QED) is 0.812. The van der Waals surface area contributed by atoms with Crippen molar-refractivity contribution in [2.75, 3.05) is 25.6 Å². The summed E-state index contributed by atoms with van der Waals surface area (Å²) in [6.07, 6.45) is 1.69. The van der Waals surface area contributed by atoms with Crippen LogP contribution in [0.4, 0.5) is 5.69 Å². The first-order valence-corrected chi connectivity index (χ1v) is 7.88. The Hall–Kier alpha value is -3.09. The molecule has 1 N–H and O–H groups in total. The number of anilines is 1. The molecule has 2 heterocycles. The smallest absolute Gasteiger partial charge is 0.224 e. The number of ether oxygens (including phenoxy) is 3. The van der Waals surface area contributed by atoms with E-state index in [9.17, 15) is 9.59 Å². The summed E-state index contributed by atoms with van der Waals surface area (Å²) in [5.74, 6) is 1.28. The van der Waals surface area contributed by atoms with Gasteiger partial charge < -0.3 is 19.5 Å². The number of benzene rings is 1. The van der Waals surface area contributed by atoms with Crippen LogP contribution in [-0.2, 0) is 4.79 Å². The van der Waals surface area contributed by atoms with Crippen molar-refractivity contribution >= 4 is 17.4 Å². The average molecular weight is 342 g/mol. The fourth-order valence-corrected chi connectivity index (χ4v) is 2.39. The van der Waals surface area contributed by atoms with Gasteiger partial charge in [0.1, 0.15) is 13.2 Å². The van der Waals surface area contributed by atoms with E-state index in [2.05, 4.69) is 10.3 Å². The second-order valence-corrected chi connectivity index (χ2v) is 5.42. The summed E-state index contributed by atoms with van der Waals surface area (Å²) in [7, 11) is 1.52. The van der Waals surface area contributed by atoms with Crippen molar-refractivity contribution in [2.24, 2.45) is 0 Å². The molecule has 0 saturated carbocycles. The van der Waals surface area contributed by atoms with Gasteiger partial charge in [0.25, 0.3) is 0 Å². The molecule has 7 nitrogen and oxygen atoms in total. The molecule has 1 amide bonds. The van der Waals surface area contributed by atoms with E-state index in [-0.39, 0.29) is 24.5 Å². The number of fused-ring (bicyclic) bond motifs is 1. The Labute approximate surface area is 144 Å². The van der Waals surface area contributed by atoms with E-state index >= 15 is 0 Å². The number of Topliss-reactive ketones (excluding diaryl/α,β-unsaturated/α-hetero) is 1. The topological polar surface area (TPSA) is 86.8 Å². The predicted octanol–water partition coefficient (Wildman–Crippen LogP) is 2.46. The Morgan fingerprint density at radius 1 is 1.12 bits per heavy atom. The summed E-state index contributed by atoms with van der Waals surface area (Å²) in [5, 5.41) is 2.70. The summed E-state index contributed by atoms with van der Waals surface area (Å²) >= 11 is 0. The third kappa shape index (κ3) is 4.26.